The second-order valence-electron chi connectivity index (χ2n) is 11.6. The van der Waals surface area contributed by atoms with Crippen molar-refractivity contribution in [2.45, 2.75) is 99.6 Å². The summed E-state index contributed by atoms with van der Waals surface area (Å²) in [6.45, 7) is 21.1. The Balaban J connectivity index is 0.00000301. The number of amides is 1. The highest BCUT2D eigenvalue weighted by Crippen LogP contribution is 2.32. The van der Waals surface area contributed by atoms with Crippen LogP contribution in [0.3, 0.4) is 0 Å². The molecule has 0 spiro atoms. The number of carbonyl (C=O) groups is 1. The van der Waals surface area contributed by atoms with E-state index in [1.807, 2.05) is 57.4 Å². The molecule has 0 N–H and O–H groups in total. The maximum absolute atomic E-state index is 12.8. The maximum Gasteiger partial charge on any atom is 0.410 e. The summed E-state index contributed by atoms with van der Waals surface area (Å²) in [4.78, 5) is 22.2. The van der Waals surface area contributed by atoms with Crippen molar-refractivity contribution in [2.75, 3.05) is 26.2 Å². The minimum absolute atomic E-state index is 0.151. The van der Waals surface area contributed by atoms with Crippen LogP contribution in [0.2, 0.25) is 0 Å². The Labute approximate surface area is 255 Å². The van der Waals surface area contributed by atoms with Crippen molar-refractivity contribution in [3.63, 3.8) is 0 Å². The number of aromatic nitrogens is 2. The highest BCUT2D eigenvalue weighted by molar-refractivity contribution is 6.13. The standard InChI is InChI=1S/C33H49N5O2.C2H6/c1-9-29(28-17-12-11-13-18-28)31(30(34-10-2)19-15-14-16-27-22-35-36(8)24-27)26(4)38-21-20-37(23-25(38)3)32(39)40-33(5,6)7;1-2/h9,11-13,17-18,22,24-25H,10,14-16,19-21,23H2,1-8H3;1-2H3/b29-9-,31-26+,34-30?;/t25-;/m0./s1. The first-order valence-electron chi connectivity index (χ1n) is 15.7. The minimum atomic E-state index is -0.501. The molecule has 0 aliphatic carbocycles. The summed E-state index contributed by atoms with van der Waals surface area (Å²) >= 11 is 0. The molecular formula is C35H55N5O2. The van der Waals surface area contributed by atoms with Crippen LogP contribution >= 0.6 is 0 Å². The van der Waals surface area contributed by atoms with Crippen molar-refractivity contribution in [3.05, 3.63) is 71.2 Å². The fourth-order valence-electron chi connectivity index (χ4n) is 5.42. The number of hydrogen-bond acceptors (Lipinski definition) is 5. The van der Waals surface area contributed by atoms with Crippen LogP contribution in [0.15, 0.2) is 65.1 Å². The van der Waals surface area contributed by atoms with E-state index in [2.05, 4.69) is 80.3 Å². The molecule has 2 heterocycles. The molecule has 42 heavy (non-hydrogen) atoms. The third kappa shape index (κ3) is 10.2. The molecule has 1 aromatic heterocycles. The lowest BCUT2D eigenvalue weighted by Crippen LogP contribution is -2.54. The highest BCUT2D eigenvalue weighted by Gasteiger charge is 2.31. The third-order valence-electron chi connectivity index (χ3n) is 7.24. The topological polar surface area (TPSA) is 63.0 Å². The first kappa shape index (κ1) is 34.8. The first-order valence-corrected chi connectivity index (χ1v) is 15.7. The number of benzene rings is 1. The molecule has 232 valence electrons. The Morgan fingerprint density at radius 3 is 2.38 bits per heavy atom. The fraction of sp³-hybridized carbons (Fsp3) is 0.571. The fourth-order valence-corrected chi connectivity index (χ4v) is 5.42. The van der Waals surface area contributed by atoms with Gasteiger partial charge in [0.1, 0.15) is 5.60 Å². The van der Waals surface area contributed by atoms with E-state index in [9.17, 15) is 4.79 Å². The lowest BCUT2D eigenvalue weighted by molar-refractivity contribution is 0.0101. The molecular weight excluding hydrogens is 522 g/mol. The number of aliphatic imine (C=N–C) groups is 1. The van der Waals surface area contributed by atoms with Gasteiger partial charge in [-0.25, -0.2) is 4.79 Å². The lowest BCUT2D eigenvalue weighted by atomic mass is 9.89. The van der Waals surface area contributed by atoms with Gasteiger partial charge in [0.15, 0.2) is 0 Å². The van der Waals surface area contributed by atoms with Crippen molar-refractivity contribution in [1.82, 2.24) is 19.6 Å². The maximum atomic E-state index is 12.8. The second-order valence-corrected chi connectivity index (χ2v) is 11.6. The summed E-state index contributed by atoms with van der Waals surface area (Å²) in [6.07, 6.45) is 10.1. The van der Waals surface area contributed by atoms with E-state index < -0.39 is 5.60 Å². The average molecular weight is 578 g/mol. The predicted octanol–water partition coefficient (Wildman–Crippen LogP) is 7.94. The summed E-state index contributed by atoms with van der Waals surface area (Å²) in [7, 11) is 1.96. The van der Waals surface area contributed by atoms with Gasteiger partial charge in [0.25, 0.3) is 0 Å². The molecule has 0 saturated carbocycles. The van der Waals surface area contributed by atoms with Crippen molar-refractivity contribution >= 4 is 17.4 Å². The van der Waals surface area contributed by atoms with Crippen LogP contribution in [-0.2, 0) is 18.2 Å². The molecule has 7 heteroatoms. The largest absolute Gasteiger partial charge is 0.444 e. The van der Waals surface area contributed by atoms with Gasteiger partial charge >= 0.3 is 6.09 Å². The van der Waals surface area contributed by atoms with E-state index in [1.54, 1.807) is 0 Å². The molecule has 0 radical (unpaired) electrons. The number of aryl methyl sites for hydroxylation is 2. The van der Waals surface area contributed by atoms with Crippen LogP contribution < -0.4 is 0 Å². The highest BCUT2D eigenvalue weighted by atomic mass is 16.6. The Bertz CT molecular complexity index is 1200. The van der Waals surface area contributed by atoms with E-state index >= 15 is 0 Å². The zero-order valence-corrected chi connectivity index (χ0v) is 27.9. The second kappa shape index (κ2) is 16.9. The first-order chi connectivity index (χ1) is 20.0. The SMILES string of the molecule is C/C=C(\C(C(CCCCc1cnn(C)c1)=NCC)=C(\C)N1CCN(C(=O)OC(C)(C)C)C[C@@H]1C)c1ccccc1.CC. The van der Waals surface area contributed by atoms with Gasteiger partial charge in [0, 0.05) is 62.4 Å². The van der Waals surface area contributed by atoms with Crippen molar-refractivity contribution in [1.29, 1.82) is 0 Å². The smallest absolute Gasteiger partial charge is 0.410 e. The third-order valence-corrected chi connectivity index (χ3v) is 7.24. The number of rotatable bonds is 10. The number of allylic oxidation sites excluding steroid dienone is 4. The molecule has 0 bridgehead atoms. The van der Waals surface area contributed by atoms with Crippen molar-refractivity contribution in [2.24, 2.45) is 12.0 Å². The molecule has 1 aliphatic rings. The van der Waals surface area contributed by atoms with Gasteiger partial charge in [-0.15, -0.1) is 0 Å². The molecule has 1 saturated heterocycles. The molecule has 1 amide bonds. The van der Waals surface area contributed by atoms with Gasteiger partial charge in [-0.3, -0.25) is 9.67 Å². The van der Waals surface area contributed by atoms with Gasteiger partial charge < -0.3 is 14.5 Å². The van der Waals surface area contributed by atoms with E-state index in [0.29, 0.717) is 13.1 Å². The van der Waals surface area contributed by atoms with Crippen molar-refractivity contribution < 1.29 is 9.53 Å². The van der Waals surface area contributed by atoms with E-state index in [-0.39, 0.29) is 12.1 Å². The molecule has 7 nitrogen and oxygen atoms in total. The molecule has 1 aliphatic heterocycles. The van der Waals surface area contributed by atoms with E-state index in [4.69, 9.17) is 9.73 Å². The van der Waals surface area contributed by atoms with Gasteiger partial charge in [-0.05, 0) is 90.8 Å². The van der Waals surface area contributed by atoms with Gasteiger partial charge in [-0.1, -0.05) is 50.3 Å². The summed E-state index contributed by atoms with van der Waals surface area (Å²) in [5, 5.41) is 4.31. The molecule has 1 aromatic carbocycles. The zero-order chi connectivity index (χ0) is 31.3. The van der Waals surface area contributed by atoms with Crippen LogP contribution in [-0.4, -0.2) is 69.2 Å². The molecule has 2 aromatic rings. The summed E-state index contributed by atoms with van der Waals surface area (Å²) in [5.41, 5.74) is 6.77. The summed E-state index contributed by atoms with van der Waals surface area (Å²) in [5.74, 6) is 0. The van der Waals surface area contributed by atoms with Gasteiger partial charge in [0.05, 0.1) is 6.20 Å². The quantitative estimate of drug-likeness (QED) is 0.163. The monoisotopic (exact) mass is 577 g/mol. The van der Waals surface area contributed by atoms with Crippen molar-refractivity contribution in [3.8, 4) is 0 Å². The van der Waals surface area contributed by atoms with Gasteiger partial charge in [-0.2, -0.15) is 5.10 Å². The number of piperazine rings is 1. The van der Waals surface area contributed by atoms with Gasteiger partial charge in [0.2, 0.25) is 0 Å². The average Bonchev–Trinajstić information content (AvgIpc) is 3.38. The predicted molar refractivity (Wildman–Crippen MR) is 177 cm³/mol. The Morgan fingerprint density at radius 2 is 1.83 bits per heavy atom. The molecule has 3 rings (SSSR count). The van der Waals surface area contributed by atoms with Crippen LogP contribution in [0.25, 0.3) is 5.57 Å². The minimum Gasteiger partial charge on any atom is -0.444 e. The van der Waals surface area contributed by atoms with Crippen LogP contribution in [0.1, 0.15) is 92.7 Å². The lowest BCUT2D eigenvalue weighted by Gasteiger charge is -2.42. The number of carbonyl (C=O) groups excluding carboxylic acids is 1. The number of hydrogen-bond donors (Lipinski definition) is 0. The number of unbranched alkanes of at least 4 members (excludes halogenated alkanes) is 1. The Kier molecular flexibility index (Phi) is 14.1. The summed E-state index contributed by atoms with van der Waals surface area (Å²) in [6, 6.07) is 10.8. The van der Waals surface area contributed by atoms with Crippen LogP contribution in [0.5, 0.6) is 0 Å². The molecule has 1 fully saturated rings. The van der Waals surface area contributed by atoms with E-state index in [0.717, 1.165) is 44.5 Å². The molecule has 1 atom stereocenters. The normalized spacial score (nSPS) is 17.0. The summed E-state index contributed by atoms with van der Waals surface area (Å²) < 4.78 is 7.53. The number of ether oxygens (including phenoxy) is 1. The molecule has 0 unspecified atom stereocenters. The van der Waals surface area contributed by atoms with E-state index in [1.165, 1.54) is 28.0 Å². The number of nitrogens with zero attached hydrogens (tertiary/aromatic N) is 5. The van der Waals surface area contributed by atoms with Crippen LogP contribution in [0.4, 0.5) is 4.79 Å². The Hall–Kier alpha value is -3.35. The Morgan fingerprint density at radius 1 is 1.14 bits per heavy atom. The van der Waals surface area contributed by atoms with Crippen LogP contribution in [0, 0.1) is 0 Å². The zero-order valence-electron chi connectivity index (χ0n) is 27.9.